The fraction of sp³-hybridized carbons (Fsp3) is 0. The van der Waals surface area contributed by atoms with Gasteiger partial charge < -0.3 is 4.74 Å². The van der Waals surface area contributed by atoms with Crippen LogP contribution in [-0.2, 0) is 0 Å². The Labute approximate surface area is 143 Å². The predicted octanol–water partition coefficient (Wildman–Crippen LogP) is 5.57. The summed E-state index contributed by atoms with van der Waals surface area (Å²) in [4.78, 5) is 15.8. The first-order chi connectivity index (χ1) is 11.8. The van der Waals surface area contributed by atoms with E-state index in [4.69, 9.17) is 4.74 Å². The van der Waals surface area contributed by atoms with Crippen molar-refractivity contribution >= 4 is 27.7 Å². The second-order valence-corrected chi connectivity index (χ2v) is 6.42. The Morgan fingerprint density at radius 2 is 1.67 bits per heavy atom. The molecule has 0 fully saturated rings. The van der Waals surface area contributed by atoms with Crippen LogP contribution < -0.4 is 4.74 Å². The van der Waals surface area contributed by atoms with Crippen LogP contribution in [-0.4, -0.2) is 11.3 Å². The standard InChI is InChI=1S/C20H13NO2S/c22-13-17-10-18-19(11-21-12-20(18)24-17)23-16-8-6-15(7-9-16)14-4-2-1-3-5-14/h1-13H. The van der Waals surface area contributed by atoms with E-state index in [0.29, 0.717) is 10.6 Å². The van der Waals surface area contributed by atoms with Crippen molar-refractivity contribution < 1.29 is 9.53 Å². The number of nitrogens with zero attached hydrogens (tertiary/aromatic N) is 1. The molecule has 24 heavy (non-hydrogen) atoms. The molecule has 0 amide bonds. The van der Waals surface area contributed by atoms with Gasteiger partial charge in [-0.15, -0.1) is 11.3 Å². The molecule has 0 saturated heterocycles. The highest BCUT2D eigenvalue weighted by atomic mass is 32.1. The van der Waals surface area contributed by atoms with Gasteiger partial charge in [-0.1, -0.05) is 42.5 Å². The third kappa shape index (κ3) is 2.79. The zero-order chi connectivity index (χ0) is 16.4. The monoisotopic (exact) mass is 331 g/mol. The average molecular weight is 331 g/mol. The minimum atomic E-state index is 0.657. The van der Waals surface area contributed by atoms with Crippen molar-refractivity contribution in [2.75, 3.05) is 0 Å². The van der Waals surface area contributed by atoms with Crippen molar-refractivity contribution in [2.45, 2.75) is 0 Å². The summed E-state index contributed by atoms with van der Waals surface area (Å²) in [5.41, 5.74) is 2.30. The quantitative estimate of drug-likeness (QED) is 0.459. The van der Waals surface area contributed by atoms with Gasteiger partial charge in [-0.25, -0.2) is 0 Å². The van der Waals surface area contributed by atoms with Crippen molar-refractivity contribution in [3.8, 4) is 22.6 Å². The van der Waals surface area contributed by atoms with E-state index in [1.807, 2.05) is 48.5 Å². The van der Waals surface area contributed by atoms with Crippen molar-refractivity contribution in [1.82, 2.24) is 4.98 Å². The molecule has 0 radical (unpaired) electrons. The number of pyridine rings is 1. The van der Waals surface area contributed by atoms with Crippen molar-refractivity contribution in [3.05, 3.63) is 77.9 Å². The van der Waals surface area contributed by atoms with E-state index in [2.05, 4.69) is 17.1 Å². The second kappa shape index (κ2) is 6.26. The summed E-state index contributed by atoms with van der Waals surface area (Å²) in [6, 6.07) is 20.0. The second-order valence-electron chi connectivity index (χ2n) is 5.31. The normalized spacial score (nSPS) is 10.7. The number of rotatable bonds is 4. The fourth-order valence-electron chi connectivity index (χ4n) is 2.57. The molecule has 0 aliphatic carbocycles. The topological polar surface area (TPSA) is 39.2 Å². The SMILES string of the molecule is O=Cc1cc2c(Oc3ccc(-c4ccccc4)cc3)cncc2s1. The largest absolute Gasteiger partial charge is 0.455 e. The van der Waals surface area contributed by atoms with Gasteiger partial charge in [-0.2, -0.15) is 0 Å². The highest BCUT2D eigenvalue weighted by Gasteiger charge is 2.08. The predicted molar refractivity (Wildman–Crippen MR) is 97.0 cm³/mol. The van der Waals surface area contributed by atoms with Crippen molar-refractivity contribution in [1.29, 1.82) is 0 Å². The Balaban J connectivity index is 1.64. The number of hydrogen-bond donors (Lipinski definition) is 0. The maximum absolute atomic E-state index is 11.0. The van der Waals surface area contributed by atoms with Gasteiger partial charge in [0.15, 0.2) is 12.0 Å². The van der Waals surface area contributed by atoms with E-state index in [-0.39, 0.29) is 0 Å². The zero-order valence-electron chi connectivity index (χ0n) is 12.7. The molecule has 4 rings (SSSR count). The highest BCUT2D eigenvalue weighted by molar-refractivity contribution is 7.20. The Kier molecular flexibility index (Phi) is 3.81. The molecule has 3 nitrogen and oxygen atoms in total. The van der Waals surface area contributed by atoms with E-state index >= 15 is 0 Å². The van der Waals surface area contributed by atoms with Crippen LogP contribution in [0.5, 0.6) is 11.5 Å². The number of carbonyl (C=O) groups is 1. The number of hydrogen-bond acceptors (Lipinski definition) is 4. The molecule has 0 saturated carbocycles. The molecule has 0 atom stereocenters. The lowest BCUT2D eigenvalue weighted by molar-refractivity contribution is 0.112. The summed E-state index contributed by atoms with van der Waals surface area (Å²) in [5.74, 6) is 1.40. The first-order valence-electron chi connectivity index (χ1n) is 7.49. The van der Waals surface area contributed by atoms with Gasteiger partial charge in [0.1, 0.15) is 5.75 Å². The van der Waals surface area contributed by atoms with Gasteiger partial charge in [-0.3, -0.25) is 9.78 Å². The zero-order valence-corrected chi connectivity index (χ0v) is 13.5. The van der Waals surface area contributed by atoms with Crippen LogP contribution in [0.4, 0.5) is 0 Å². The van der Waals surface area contributed by atoms with Gasteiger partial charge in [-0.05, 0) is 29.3 Å². The first kappa shape index (κ1) is 14.6. The maximum atomic E-state index is 11.0. The Bertz CT molecular complexity index is 991. The molecule has 2 aromatic carbocycles. The number of fused-ring (bicyclic) bond motifs is 1. The molecule has 116 valence electrons. The minimum Gasteiger partial charge on any atom is -0.455 e. The van der Waals surface area contributed by atoms with Gasteiger partial charge in [0.05, 0.1) is 15.8 Å². The Morgan fingerprint density at radius 1 is 0.917 bits per heavy atom. The van der Waals surface area contributed by atoms with E-state index in [9.17, 15) is 4.79 Å². The lowest BCUT2D eigenvalue weighted by Gasteiger charge is -2.08. The van der Waals surface area contributed by atoms with Gasteiger partial charge in [0.25, 0.3) is 0 Å². The summed E-state index contributed by atoms with van der Waals surface area (Å²) in [6.07, 6.45) is 4.27. The third-order valence-corrected chi connectivity index (χ3v) is 4.73. The van der Waals surface area contributed by atoms with Crippen LogP contribution >= 0.6 is 11.3 Å². The van der Waals surface area contributed by atoms with Crippen LogP contribution in [0, 0.1) is 0 Å². The molecular weight excluding hydrogens is 318 g/mol. The number of aromatic nitrogens is 1. The smallest absolute Gasteiger partial charge is 0.160 e. The average Bonchev–Trinajstić information content (AvgIpc) is 3.08. The van der Waals surface area contributed by atoms with Gasteiger partial charge in [0.2, 0.25) is 0 Å². The van der Waals surface area contributed by atoms with Crippen LogP contribution in [0.1, 0.15) is 9.67 Å². The molecule has 0 bridgehead atoms. The summed E-state index contributed by atoms with van der Waals surface area (Å²) < 4.78 is 6.91. The lowest BCUT2D eigenvalue weighted by Crippen LogP contribution is -1.86. The Hall–Kier alpha value is -2.98. The summed E-state index contributed by atoms with van der Waals surface area (Å²) in [5, 5.41) is 0.907. The minimum absolute atomic E-state index is 0.657. The summed E-state index contributed by atoms with van der Waals surface area (Å²) in [6.45, 7) is 0. The third-order valence-electron chi connectivity index (χ3n) is 3.73. The van der Waals surface area contributed by atoms with Crippen LogP contribution in [0.3, 0.4) is 0 Å². The van der Waals surface area contributed by atoms with Crippen LogP contribution in [0.2, 0.25) is 0 Å². The van der Waals surface area contributed by atoms with Crippen molar-refractivity contribution in [3.63, 3.8) is 0 Å². The maximum Gasteiger partial charge on any atom is 0.160 e. The van der Waals surface area contributed by atoms with Gasteiger partial charge >= 0.3 is 0 Å². The molecule has 0 spiro atoms. The fourth-order valence-corrected chi connectivity index (χ4v) is 3.43. The summed E-state index contributed by atoms with van der Waals surface area (Å²) in [7, 11) is 0. The number of thiophene rings is 1. The molecule has 0 N–H and O–H groups in total. The van der Waals surface area contributed by atoms with Gasteiger partial charge in [0, 0.05) is 11.6 Å². The molecule has 2 heterocycles. The van der Waals surface area contributed by atoms with Crippen LogP contribution in [0.25, 0.3) is 21.2 Å². The van der Waals surface area contributed by atoms with E-state index in [1.54, 1.807) is 12.4 Å². The van der Waals surface area contributed by atoms with E-state index in [0.717, 1.165) is 27.7 Å². The molecule has 4 aromatic rings. The number of benzene rings is 2. The highest BCUT2D eigenvalue weighted by Crippen LogP contribution is 2.34. The van der Waals surface area contributed by atoms with Crippen LogP contribution in [0.15, 0.2) is 73.1 Å². The molecule has 0 aliphatic heterocycles. The first-order valence-corrected chi connectivity index (χ1v) is 8.31. The van der Waals surface area contributed by atoms with E-state index in [1.165, 1.54) is 16.9 Å². The molecule has 2 aromatic heterocycles. The number of carbonyl (C=O) groups excluding carboxylic acids is 1. The van der Waals surface area contributed by atoms with Crippen molar-refractivity contribution in [2.24, 2.45) is 0 Å². The Morgan fingerprint density at radius 3 is 2.42 bits per heavy atom. The molecular formula is C20H13NO2S. The lowest BCUT2D eigenvalue weighted by atomic mass is 10.1. The number of aldehydes is 1. The van der Waals surface area contributed by atoms with E-state index < -0.39 is 0 Å². The number of ether oxygens (including phenoxy) is 1. The molecule has 4 heteroatoms. The molecule has 0 unspecified atom stereocenters. The molecule has 0 aliphatic rings. The summed E-state index contributed by atoms with van der Waals surface area (Å²) >= 11 is 1.41.